The molecule has 0 aliphatic carbocycles. The Morgan fingerprint density at radius 3 is 2.00 bits per heavy atom. The van der Waals surface area contributed by atoms with Crippen molar-refractivity contribution in [1.29, 1.82) is 0 Å². The number of hydrogen-bond acceptors (Lipinski definition) is 2. The number of benzene rings is 2. The van der Waals surface area contributed by atoms with E-state index >= 15 is 0 Å². The topological polar surface area (TPSA) is 29.5 Å². The molecule has 0 amide bonds. The second kappa shape index (κ2) is 6.18. The van der Waals surface area contributed by atoms with Crippen LogP contribution in [0.2, 0.25) is 0 Å². The van der Waals surface area contributed by atoms with E-state index in [4.69, 9.17) is 0 Å². The van der Waals surface area contributed by atoms with Gasteiger partial charge in [0.15, 0.2) is 0 Å². The lowest BCUT2D eigenvalue weighted by Gasteiger charge is -2.17. The third-order valence-corrected chi connectivity index (χ3v) is 3.25. The van der Waals surface area contributed by atoms with Crippen molar-refractivity contribution in [3.05, 3.63) is 64.5 Å². The van der Waals surface area contributed by atoms with Gasteiger partial charge in [0.2, 0.25) is 0 Å². The molecule has 0 saturated heterocycles. The Kier molecular flexibility index (Phi) is 4.53. The minimum atomic E-state index is -2.89. The molecule has 0 spiro atoms. The summed E-state index contributed by atoms with van der Waals surface area (Å²) >= 11 is 0. The van der Waals surface area contributed by atoms with Crippen molar-refractivity contribution in [2.24, 2.45) is 0 Å². The lowest BCUT2D eigenvalue weighted by atomic mass is 9.93. The molecule has 2 aromatic carbocycles. The predicted molar refractivity (Wildman–Crippen MR) is 73.0 cm³/mol. The normalized spacial score (nSPS) is 12.5. The van der Waals surface area contributed by atoms with E-state index in [0.717, 1.165) is 0 Å². The fourth-order valence-corrected chi connectivity index (χ4v) is 2.35. The van der Waals surface area contributed by atoms with E-state index in [0.29, 0.717) is 22.3 Å². The van der Waals surface area contributed by atoms with E-state index in [1.807, 2.05) is 0 Å². The number of halogens is 3. The van der Waals surface area contributed by atoms with Gasteiger partial charge in [-0.25, -0.2) is 4.39 Å². The van der Waals surface area contributed by atoms with E-state index in [2.05, 4.69) is 4.74 Å². The molecule has 1 atom stereocenters. The minimum Gasteiger partial charge on any atom is -0.435 e. The Labute approximate surface area is 120 Å². The molecule has 0 aliphatic rings. The number of aliphatic hydroxyl groups is 1. The molecular formula is C16H15F3O2. The van der Waals surface area contributed by atoms with E-state index in [-0.39, 0.29) is 11.6 Å². The van der Waals surface area contributed by atoms with E-state index in [1.54, 1.807) is 13.8 Å². The zero-order valence-corrected chi connectivity index (χ0v) is 11.6. The fourth-order valence-electron chi connectivity index (χ4n) is 2.35. The van der Waals surface area contributed by atoms with Gasteiger partial charge in [-0.05, 0) is 60.4 Å². The summed E-state index contributed by atoms with van der Waals surface area (Å²) in [6.07, 6.45) is -0.953. The molecule has 112 valence electrons. The van der Waals surface area contributed by atoms with Crippen LogP contribution in [0.15, 0.2) is 36.4 Å². The molecular weight excluding hydrogens is 281 g/mol. The van der Waals surface area contributed by atoms with Crippen molar-refractivity contribution < 1.29 is 23.0 Å². The summed E-state index contributed by atoms with van der Waals surface area (Å²) in [4.78, 5) is 0. The predicted octanol–water partition coefficient (Wildman–Crippen LogP) is 4.13. The van der Waals surface area contributed by atoms with Crippen LogP contribution in [0.3, 0.4) is 0 Å². The van der Waals surface area contributed by atoms with E-state index in [1.165, 1.54) is 36.4 Å². The first-order valence-corrected chi connectivity index (χ1v) is 6.38. The van der Waals surface area contributed by atoms with Crippen LogP contribution in [0.5, 0.6) is 5.75 Å². The van der Waals surface area contributed by atoms with Crippen molar-refractivity contribution in [2.45, 2.75) is 26.6 Å². The fraction of sp³-hybridized carbons (Fsp3) is 0.250. The van der Waals surface area contributed by atoms with Crippen LogP contribution in [0, 0.1) is 19.7 Å². The van der Waals surface area contributed by atoms with E-state index < -0.39 is 12.7 Å². The second-order valence-corrected chi connectivity index (χ2v) is 4.80. The van der Waals surface area contributed by atoms with Gasteiger partial charge in [0.1, 0.15) is 17.7 Å². The molecule has 0 saturated carbocycles. The van der Waals surface area contributed by atoms with Crippen LogP contribution in [-0.4, -0.2) is 11.7 Å². The van der Waals surface area contributed by atoms with E-state index in [9.17, 15) is 18.3 Å². The number of alkyl halides is 2. The standard InChI is InChI=1S/C16H15F3O2/c1-9-7-12(17)8-10(2)14(9)15(20)11-3-5-13(6-4-11)21-16(18)19/h3-8,15-16,20H,1-2H3. The van der Waals surface area contributed by atoms with Crippen LogP contribution in [0.4, 0.5) is 13.2 Å². The Balaban J connectivity index is 2.30. The first-order valence-electron chi connectivity index (χ1n) is 6.38. The molecule has 5 heteroatoms. The van der Waals surface area contributed by atoms with Gasteiger partial charge < -0.3 is 9.84 Å². The molecule has 2 rings (SSSR count). The molecule has 1 unspecified atom stereocenters. The van der Waals surface area contributed by atoms with Crippen LogP contribution in [0.1, 0.15) is 28.4 Å². The molecule has 0 aromatic heterocycles. The lowest BCUT2D eigenvalue weighted by Crippen LogP contribution is -2.06. The molecule has 1 N–H and O–H groups in total. The van der Waals surface area contributed by atoms with Gasteiger partial charge in [-0.2, -0.15) is 8.78 Å². The molecule has 0 heterocycles. The summed E-state index contributed by atoms with van der Waals surface area (Å²) < 4.78 is 41.7. The number of hydrogen-bond donors (Lipinski definition) is 1. The number of ether oxygens (including phenoxy) is 1. The number of aliphatic hydroxyl groups excluding tert-OH is 1. The minimum absolute atomic E-state index is 0.0218. The molecule has 21 heavy (non-hydrogen) atoms. The summed E-state index contributed by atoms with van der Waals surface area (Å²) in [7, 11) is 0. The summed E-state index contributed by atoms with van der Waals surface area (Å²) in [6, 6.07) is 8.42. The summed E-state index contributed by atoms with van der Waals surface area (Å²) in [5, 5.41) is 10.4. The Hall–Kier alpha value is -2.01. The first-order chi connectivity index (χ1) is 9.88. The molecule has 2 nitrogen and oxygen atoms in total. The Morgan fingerprint density at radius 1 is 1.00 bits per heavy atom. The zero-order valence-electron chi connectivity index (χ0n) is 11.6. The average molecular weight is 296 g/mol. The highest BCUT2D eigenvalue weighted by atomic mass is 19.3. The average Bonchev–Trinajstić information content (AvgIpc) is 2.37. The van der Waals surface area contributed by atoms with Crippen molar-refractivity contribution >= 4 is 0 Å². The SMILES string of the molecule is Cc1cc(F)cc(C)c1C(O)c1ccc(OC(F)F)cc1. The summed E-state index contributed by atoms with van der Waals surface area (Å²) in [6.45, 7) is 0.536. The third kappa shape index (κ3) is 3.55. The van der Waals surface area contributed by atoms with Crippen LogP contribution < -0.4 is 4.74 Å². The largest absolute Gasteiger partial charge is 0.435 e. The summed E-state index contributed by atoms with van der Waals surface area (Å²) in [5.41, 5.74) is 2.40. The molecule has 0 bridgehead atoms. The quantitative estimate of drug-likeness (QED) is 0.919. The highest BCUT2D eigenvalue weighted by molar-refractivity contribution is 5.42. The van der Waals surface area contributed by atoms with Gasteiger partial charge >= 0.3 is 6.61 Å². The highest BCUT2D eigenvalue weighted by Crippen LogP contribution is 2.29. The van der Waals surface area contributed by atoms with Gasteiger partial charge in [-0.3, -0.25) is 0 Å². The number of rotatable bonds is 4. The number of aryl methyl sites for hydroxylation is 2. The monoisotopic (exact) mass is 296 g/mol. The third-order valence-electron chi connectivity index (χ3n) is 3.25. The smallest absolute Gasteiger partial charge is 0.387 e. The molecule has 0 radical (unpaired) electrons. The van der Waals surface area contributed by atoms with Crippen molar-refractivity contribution in [1.82, 2.24) is 0 Å². The van der Waals surface area contributed by atoms with Crippen LogP contribution in [0.25, 0.3) is 0 Å². The van der Waals surface area contributed by atoms with Crippen molar-refractivity contribution in [2.75, 3.05) is 0 Å². The van der Waals surface area contributed by atoms with Crippen molar-refractivity contribution in [3.8, 4) is 5.75 Å². The lowest BCUT2D eigenvalue weighted by molar-refractivity contribution is -0.0498. The van der Waals surface area contributed by atoms with Gasteiger partial charge in [0, 0.05) is 0 Å². The Bertz CT molecular complexity index is 601. The maximum Gasteiger partial charge on any atom is 0.387 e. The summed E-state index contributed by atoms with van der Waals surface area (Å²) in [5.74, 6) is -0.338. The van der Waals surface area contributed by atoms with Gasteiger partial charge in [0.25, 0.3) is 0 Å². The van der Waals surface area contributed by atoms with Gasteiger partial charge in [-0.1, -0.05) is 12.1 Å². The molecule has 0 aliphatic heterocycles. The molecule has 0 fully saturated rings. The van der Waals surface area contributed by atoms with Crippen LogP contribution >= 0.6 is 0 Å². The highest BCUT2D eigenvalue weighted by Gasteiger charge is 2.17. The maximum atomic E-state index is 13.3. The van der Waals surface area contributed by atoms with Gasteiger partial charge in [-0.15, -0.1) is 0 Å². The molecule has 2 aromatic rings. The maximum absolute atomic E-state index is 13.3. The van der Waals surface area contributed by atoms with Crippen molar-refractivity contribution in [3.63, 3.8) is 0 Å². The Morgan fingerprint density at radius 2 is 1.52 bits per heavy atom. The second-order valence-electron chi connectivity index (χ2n) is 4.80. The van der Waals surface area contributed by atoms with Crippen LogP contribution in [-0.2, 0) is 0 Å². The first kappa shape index (κ1) is 15.4. The van der Waals surface area contributed by atoms with Gasteiger partial charge in [0.05, 0.1) is 0 Å². The zero-order chi connectivity index (χ0) is 15.6.